The smallest absolute Gasteiger partial charge is 0.129 e. The maximum absolute atomic E-state index is 4.59. The monoisotopic (exact) mass is 190 g/mol. The highest BCUT2D eigenvalue weighted by atomic mass is 15.2. The van der Waals surface area contributed by atoms with Crippen molar-refractivity contribution in [2.75, 3.05) is 18.0 Å². The van der Waals surface area contributed by atoms with Crippen molar-refractivity contribution in [3.05, 3.63) is 23.4 Å². The summed E-state index contributed by atoms with van der Waals surface area (Å²) in [5.74, 6) is 1.18. The van der Waals surface area contributed by atoms with Crippen LogP contribution in [0.5, 0.6) is 0 Å². The molecular weight excluding hydrogens is 172 g/mol. The van der Waals surface area contributed by atoms with E-state index in [1.807, 2.05) is 0 Å². The average molecular weight is 190 g/mol. The van der Waals surface area contributed by atoms with Crippen LogP contribution in [0.15, 0.2) is 12.1 Å². The van der Waals surface area contributed by atoms with Gasteiger partial charge in [0.2, 0.25) is 0 Å². The van der Waals surface area contributed by atoms with Gasteiger partial charge in [-0.25, -0.2) is 4.98 Å². The normalized spacial score (nSPS) is 16.3. The predicted molar refractivity (Wildman–Crippen MR) is 59.8 cm³/mol. The number of rotatable bonds is 2. The molecule has 0 saturated carbocycles. The maximum atomic E-state index is 4.59. The van der Waals surface area contributed by atoms with Crippen molar-refractivity contribution in [3.63, 3.8) is 0 Å². The van der Waals surface area contributed by atoms with E-state index >= 15 is 0 Å². The summed E-state index contributed by atoms with van der Waals surface area (Å²) in [6.07, 6.45) is 3.73. The molecule has 2 heteroatoms. The summed E-state index contributed by atoms with van der Waals surface area (Å²) in [7, 11) is 0. The Bertz CT molecular complexity index is 314. The van der Waals surface area contributed by atoms with Crippen molar-refractivity contribution < 1.29 is 0 Å². The summed E-state index contributed by atoms with van der Waals surface area (Å²) < 4.78 is 0. The van der Waals surface area contributed by atoms with E-state index in [-0.39, 0.29) is 0 Å². The molecular formula is C12H18N2. The number of hydrogen-bond acceptors (Lipinski definition) is 2. The molecule has 1 fully saturated rings. The van der Waals surface area contributed by atoms with Gasteiger partial charge in [-0.05, 0) is 43.9 Å². The van der Waals surface area contributed by atoms with Crippen molar-refractivity contribution in [1.29, 1.82) is 0 Å². The lowest BCUT2D eigenvalue weighted by Crippen LogP contribution is -2.19. The highest BCUT2D eigenvalue weighted by Crippen LogP contribution is 2.19. The SMILES string of the molecule is CCc1cc(C)nc(N2CCCC2)c1. The first kappa shape index (κ1) is 9.50. The van der Waals surface area contributed by atoms with Gasteiger partial charge in [0.25, 0.3) is 0 Å². The van der Waals surface area contributed by atoms with Crippen LogP contribution in [0.1, 0.15) is 31.0 Å². The molecule has 1 aromatic rings. The fraction of sp³-hybridized carbons (Fsp3) is 0.583. The van der Waals surface area contributed by atoms with E-state index in [1.54, 1.807) is 0 Å². The first-order valence-electron chi connectivity index (χ1n) is 5.52. The number of aryl methyl sites for hydroxylation is 2. The van der Waals surface area contributed by atoms with Gasteiger partial charge in [0, 0.05) is 18.8 Å². The number of anilines is 1. The van der Waals surface area contributed by atoms with Crippen molar-refractivity contribution in [3.8, 4) is 0 Å². The van der Waals surface area contributed by atoms with E-state index in [9.17, 15) is 0 Å². The van der Waals surface area contributed by atoms with E-state index in [2.05, 4.69) is 35.9 Å². The van der Waals surface area contributed by atoms with Crippen LogP contribution in [0.25, 0.3) is 0 Å². The molecule has 2 rings (SSSR count). The summed E-state index contributed by atoms with van der Waals surface area (Å²) in [6.45, 7) is 6.64. The van der Waals surface area contributed by atoms with Gasteiger partial charge in [-0.15, -0.1) is 0 Å². The lowest BCUT2D eigenvalue weighted by molar-refractivity contribution is 0.921. The molecule has 14 heavy (non-hydrogen) atoms. The Morgan fingerprint density at radius 3 is 2.64 bits per heavy atom. The Morgan fingerprint density at radius 1 is 1.29 bits per heavy atom. The summed E-state index contributed by atoms with van der Waals surface area (Å²) in [5, 5.41) is 0. The number of pyridine rings is 1. The highest BCUT2D eigenvalue weighted by molar-refractivity contribution is 5.43. The van der Waals surface area contributed by atoms with E-state index in [4.69, 9.17) is 0 Å². The third-order valence-electron chi connectivity index (χ3n) is 2.84. The van der Waals surface area contributed by atoms with Crippen LogP contribution in [0.2, 0.25) is 0 Å². The average Bonchev–Trinajstić information content (AvgIpc) is 2.69. The van der Waals surface area contributed by atoms with Gasteiger partial charge in [-0.1, -0.05) is 6.92 Å². The van der Waals surface area contributed by atoms with Crippen molar-refractivity contribution >= 4 is 5.82 Å². The van der Waals surface area contributed by atoms with Crippen LogP contribution >= 0.6 is 0 Å². The van der Waals surface area contributed by atoms with Crippen molar-refractivity contribution in [2.24, 2.45) is 0 Å². The number of nitrogens with zero attached hydrogens (tertiary/aromatic N) is 2. The molecule has 1 aromatic heterocycles. The minimum absolute atomic E-state index is 1.10. The molecule has 0 radical (unpaired) electrons. The molecule has 0 atom stereocenters. The molecule has 2 heterocycles. The molecule has 0 aliphatic carbocycles. The Hall–Kier alpha value is -1.05. The van der Waals surface area contributed by atoms with E-state index < -0.39 is 0 Å². The van der Waals surface area contributed by atoms with Gasteiger partial charge in [-0.2, -0.15) is 0 Å². The van der Waals surface area contributed by atoms with Gasteiger partial charge in [0.15, 0.2) is 0 Å². The van der Waals surface area contributed by atoms with Crippen LogP contribution in [-0.4, -0.2) is 18.1 Å². The van der Waals surface area contributed by atoms with Crippen LogP contribution in [0, 0.1) is 6.92 Å². The molecule has 0 amide bonds. The van der Waals surface area contributed by atoms with Crippen LogP contribution < -0.4 is 4.90 Å². The highest BCUT2D eigenvalue weighted by Gasteiger charge is 2.13. The topological polar surface area (TPSA) is 16.1 Å². The lowest BCUT2D eigenvalue weighted by atomic mass is 10.2. The molecule has 0 unspecified atom stereocenters. The zero-order chi connectivity index (χ0) is 9.97. The number of aromatic nitrogens is 1. The van der Waals surface area contributed by atoms with E-state index in [1.165, 1.54) is 37.3 Å². The lowest BCUT2D eigenvalue weighted by Gasteiger charge is -2.17. The van der Waals surface area contributed by atoms with Gasteiger partial charge >= 0.3 is 0 Å². The van der Waals surface area contributed by atoms with Gasteiger partial charge in [0.1, 0.15) is 5.82 Å². The summed E-state index contributed by atoms with van der Waals surface area (Å²) in [6, 6.07) is 4.41. The standard InChI is InChI=1S/C12H18N2/c1-3-11-8-10(2)13-12(9-11)14-6-4-5-7-14/h8-9H,3-7H2,1-2H3. The second-order valence-electron chi connectivity index (χ2n) is 4.02. The van der Waals surface area contributed by atoms with Crippen LogP contribution in [-0.2, 0) is 6.42 Å². The first-order valence-corrected chi connectivity index (χ1v) is 5.52. The Morgan fingerprint density at radius 2 is 2.00 bits per heavy atom. The van der Waals surface area contributed by atoms with Crippen molar-refractivity contribution in [2.45, 2.75) is 33.1 Å². The molecule has 76 valence electrons. The third-order valence-corrected chi connectivity index (χ3v) is 2.84. The summed E-state index contributed by atoms with van der Waals surface area (Å²) >= 11 is 0. The minimum Gasteiger partial charge on any atom is -0.357 e. The van der Waals surface area contributed by atoms with Crippen LogP contribution in [0.4, 0.5) is 5.82 Å². The number of hydrogen-bond donors (Lipinski definition) is 0. The van der Waals surface area contributed by atoms with Gasteiger partial charge < -0.3 is 4.90 Å². The molecule has 0 bridgehead atoms. The zero-order valence-electron chi connectivity index (χ0n) is 9.08. The zero-order valence-corrected chi connectivity index (χ0v) is 9.08. The maximum Gasteiger partial charge on any atom is 0.129 e. The molecule has 1 aliphatic rings. The molecule has 0 N–H and O–H groups in total. The fourth-order valence-electron chi connectivity index (χ4n) is 2.03. The fourth-order valence-corrected chi connectivity index (χ4v) is 2.03. The molecule has 1 saturated heterocycles. The third kappa shape index (κ3) is 1.89. The Labute approximate surface area is 86.0 Å². The molecule has 0 aromatic carbocycles. The second-order valence-corrected chi connectivity index (χ2v) is 4.02. The van der Waals surface area contributed by atoms with Gasteiger partial charge in [-0.3, -0.25) is 0 Å². The summed E-state index contributed by atoms with van der Waals surface area (Å²) in [4.78, 5) is 6.98. The van der Waals surface area contributed by atoms with E-state index in [0.29, 0.717) is 0 Å². The molecule has 0 spiro atoms. The molecule has 2 nitrogen and oxygen atoms in total. The largest absolute Gasteiger partial charge is 0.357 e. The van der Waals surface area contributed by atoms with E-state index in [0.717, 1.165) is 12.1 Å². The quantitative estimate of drug-likeness (QED) is 0.712. The minimum atomic E-state index is 1.10. The molecule has 1 aliphatic heterocycles. The van der Waals surface area contributed by atoms with Crippen molar-refractivity contribution in [1.82, 2.24) is 4.98 Å². The first-order chi connectivity index (χ1) is 6.79. The summed E-state index contributed by atoms with van der Waals surface area (Å²) in [5.41, 5.74) is 2.55. The second kappa shape index (κ2) is 3.99. The Balaban J connectivity index is 2.27. The predicted octanol–water partition coefficient (Wildman–Crippen LogP) is 2.55. The Kier molecular flexibility index (Phi) is 2.71. The van der Waals surface area contributed by atoms with Crippen LogP contribution in [0.3, 0.4) is 0 Å². The van der Waals surface area contributed by atoms with Gasteiger partial charge in [0.05, 0.1) is 0 Å².